The summed E-state index contributed by atoms with van der Waals surface area (Å²) in [5.74, 6) is 2.22. The van der Waals surface area contributed by atoms with Crippen LogP contribution in [0, 0.1) is 0 Å². The maximum absolute atomic E-state index is 5.60. The van der Waals surface area contributed by atoms with Crippen LogP contribution in [-0.4, -0.2) is 16.7 Å². The molecule has 1 aromatic heterocycles. The molecule has 2 heterocycles. The van der Waals surface area contributed by atoms with Crippen LogP contribution in [0.25, 0.3) is 0 Å². The Morgan fingerprint density at radius 1 is 1.35 bits per heavy atom. The van der Waals surface area contributed by atoms with Crippen molar-refractivity contribution in [2.75, 3.05) is 6.61 Å². The monoisotopic (exact) mass is 231 g/mol. The smallest absolute Gasteiger partial charge is 0.240 e. The molecule has 1 atom stereocenters. The maximum atomic E-state index is 5.60. The van der Waals surface area contributed by atoms with Crippen molar-refractivity contribution in [3.05, 3.63) is 41.5 Å². The Morgan fingerprint density at radius 2 is 2.24 bits per heavy atom. The Bertz CT molecular complexity index is 524. The second-order valence-electron chi connectivity index (χ2n) is 3.98. The predicted molar refractivity (Wildman–Crippen MR) is 60.6 cm³/mol. The van der Waals surface area contributed by atoms with Gasteiger partial charge in [0.1, 0.15) is 5.75 Å². The lowest BCUT2D eigenvalue weighted by Gasteiger charge is -2.23. The summed E-state index contributed by atoms with van der Waals surface area (Å²) in [6, 6.07) is 7.95. The van der Waals surface area contributed by atoms with Crippen molar-refractivity contribution < 1.29 is 9.26 Å². The van der Waals surface area contributed by atoms with E-state index in [2.05, 4.69) is 10.1 Å². The molecule has 5 heteroatoms. The van der Waals surface area contributed by atoms with Gasteiger partial charge in [0.25, 0.3) is 0 Å². The minimum absolute atomic E-state index is 0.143. The average molecular weight is 231 g/mol. The highest BCUT2D eigenvalue weighted by molar-refractivity contribution is 5.40. The third-order valence-corrected chi connectivity index (χ3v) is 2.93. The Hall–Kier alpha value is -1.88. The third-order valence-electron chi connectivity index (χ3n) is 2.93. The fourth-order valence-electron chi connectivity index (χ4n) is 2.10. The lowest BCUT2D eigenvalue weighted by molar-refractivity contribution is 0.272. The van der Waals surface area contributed by atoms with Crippen molar-refractivity contribution in [3.63, 3.8) is 0 Å². The molecule has 1 aliphatic rings. The first-order chi connectivity index (χ1) is 8.38. The molecule has 0 saturated carbocycles. The number of hydrogen-bond acceptors (Lipinski definition) is 5. The quantitative estimate of drug-likeness (QED) is 0.846. The van der Waals surface area contributed by atoms with E-state index in [-0.39, 0.29) is 12.5 Å². The van der Waals surface area contributed by atoms with Crippen LogP contribution >= 0.6 is 0 Å². The van der Waals surface area contributed by atoms with Gasteiger partial charge in [-0.2, -0.15) is 4.98 Å². The van der Waals surface area contributed by atoms with Crippen molar-refractivity contribution in [2.45, 2.75) is 18.9 Å². The van der Waals surface area contributed by atoms with E-state index in [1.165, 1.54) is 0 Å². The summed E-state index contributed by atoms with van der Waals surface area (Å²) in [6.45, 7) is 0.950. The number of fused-ring (bicyclic) bond motifs is 1. The van der Waals surface area contributed by atoms with Gasteiger partial charge in [0.05, 0.1) is 19.1 Å². The molecule has 2 N–H and O–H groups in total. The van der Waals surface area contributed by atoms with Crippen LogP contribution in [0.4, 0.5) is 0 Å². The van der Waals surface area contributed by atoms with Gasteiger partial charge >= 0.3 is 0 Å². The summed E-state index contributed by atoms with van der Waals surface area (Å²) in [4.78, 5) is 4.29. The number of ether oxygens (including phenoxy) is 1. The largest absolute Gasteiger partial charge is 0.493 e. The van der Waals surface area contributed by atoms with E-state index in [0.29, 0.717) is 18.3 Å². The number of aromatic nitrogens is 2. The molecule has 0 amide bonds. The van der Waals surface area contributed by atoms with Gasteiger partial charge in [-0.25, -0.2) is 0 Å². The van der Waals surface area contributed by atoms with Crippen LogP contribution < -0.4 is 10.5 Å². The van der Waals surface area contributed by atoms with E-state index >= 15 is 0 Å². The molecule has 0 aliphatic carbocycles. The minimum atomic E-state index is 0.143. The van der Waals surface area contributed by atoms with Crippen molar-refractivity contribution in [2.24, 2.45) is 5.73 Å². The number of rotatable bonds is 2. The summed E-state index contributed by atoms with van der Waals surface area (Å²) >= 11 is 0. The fourth-order valence-corrected chi connectivity index (χ4v) is 2.10. The van der Waals surface area contributed by atoms with Crippen LogP contribution in [0.15, 0.2) is 28.8 Å². The minimum Gasteiger partial charge on any atom is -0.493 e. The van der Waals surface area contributed by atoms with Crippen molar-refractivity contribution in [1.29, 1.82) is 0 Å². The first-order valence-electron chi connectivity index (χ1n) is 5.63. The van der Waals surface area contributed by atoms with Gasteiger partial charge in [0.15, 0.2) is 5.82 Å². The summed E-state index contributed by atoms with van der Waals surface area (Å²) in [5.41, 5.74) is 6.58. The molecule has 0 saturated heterocycles. The zero-order valence-corrected chi connectivity index (χ0v) is 9.30. The average Bonchev–Trinajstić information content (AvgIpc) is 2.87. The van der Waals surface area contributed by atoms with Crippen LogP contribution in [-0.2, 0) is 6.54 Å². The van der Waals surface area contributed by atoms with Crippen molar-refractivity contribution >= 4 is 0 Å². The lowest BCUT2D eigenvalue weighted by atomic mass is 9.92. The third kappa shape index (κ3) is 1.78. The molecule has 5 nitrogen and oxygen atoms in total. The van der Waals surface area contributed by atoms with Gasteiger partial charge in [-0.05, 0) is 12.5 Å². The summed E-state index contributed by atoms with van der Waals surface area (Å²) in [7, 11) is 0. The molecule has 1 aliphatic heterocycles. The van der Waals surface area contributed by atoms with Gasteiger partial charge in [-0.3, -0.25) is 0 Å². The molecule has 17 heavy (non-hydrogen) atoms. The molecule has 3 rings (SSSR count). The molecule has 0 spiro atoms. The molecule has 0 fully saturated rings. The molecular weight excluding hydrogens is 218 g/mol. The first-order valence-corrected chi connectivity index (χ1v) is 5.63. The lowest BCUT2D eigenvalue weighted by Crippen LogP contribution is -2.16. The van der Waals surface area contributed by atoms with E-state index in [9.17, 15) is 0 Å². The summed E-state index contributed by atoms with van der Waals surface area (Å²) in [6.07, 6.45) is 0.862. The molecule has 1 aromatic carbocycles. The Balaban J connectivity index is 1.99. The van der Waals surface area contributed by atoms with Gasteiger partial charge < -0.3 is 15.0 Å². The number of hydrogen-bond donors (Lipinski definition) is 1. The van der Waals surface area contributed by atoms with E-state index in [4.69, 9.17) is 15.0 Å². The second-order valence-corrected chi connectivity index (χ2v) is 3.98. The van der Waals surface area contributed by atoms with Gasteiger partial charge in [0.2, 0.25) is 5.89 Å². The molecule has 0 bridgehead atoms. The molecule has 2 aromatic rings. The van der Waals surface area contributed by atoms with Crippen LogP contribution in [0.5, 0.6) is 5.75 Å². The highest BCUT2D eigenvalue weighted by atomic mass is 16.5. The van der Waals surface area contributed by atoms with Crippen molar-refractivity contribution in [1.82, 2.24) is 10.1 Å². The first kappa shape index (κ1) is 10.3. The molecule has 88 valence electrons. The topological polar surface area (TPSA) is 74.2 Å². The normalized spacial score (nSPS) is 18.5. The highest BCUT2D eigenvalue weighted by Gasteiger charge is 2.26. The molecule has 1 unspecified atom stereocenters. The van der Waals surface area contributed by atoms with E-state index < -0.39 is 0 Å². The predicted octanol–water partition coefficient (Wildman–Crippen LogP) is 1.44. The fraction of sp³-hybridized carbons (Fsp3) is 0.333. The molecular formula is C12H13N3O2. The second kappa shape index (κ2) is 4.18. The van der Waals surface area contributed by atoms with E-state index in [0.717, 1.165) is 17.7 Å². The van der Waals surface area contributed by atoms with Crippen LogP contribution in [0.2, 0.25) is 0 Å². The van der Waals surface area contributed by atoms with E-state index in [1.54, 1.807) is 0 Å². The Morgan fingerprint density at radius 3 is 3.06 bits per heavy atom. The van der Waals surface area contributed by atoms with Crippen LogP contribution in [0.1, 0.15) is 29.6 Å². The number of nitrogens with two attached hydrogens (primary N) is 1. The number of nitrogens with zero attached hydrogens (tertiary/aromatic N) is 2. The Kier molecular flexibility index (Phi) is 2.53. The maximum Gasteiger partial charge on any atom is 0.240 e. The zero-order chi connectivity index (χ0) is 11.7. The van der Waals surface area contributed by atoms with Gasteiger partial charge in [-0.1, -0.05) is 23.4 Å². The van der Waals surface area contributed by atoms with Gasteiger partial charge in [0, 0.05) is 5.56 Å². The SMILES string of the molecule is NCc1nc(C2CCOc3ccccc32)no1. The number of para-hydroxylation sites is 1. The summed E-state index contributed by atoms with van der Waals surface area (Å²) < 4.78 is 10.7. The standard InChI is InChI=1S/C12H13N3O2/c13-7-11-14-12(15-17-11)9-5-6-16-10-4-2-1-3-8(9)10/h1-4,9H,5-7,13H2. The van der Waals surface area contributed by atoms with Crippen molar-refractivity contribution in [3.8, 4) is 5.75 Å². The van der Waals surface area contributed by atoms with Gasteiger partial charge in [-0.15, -0.1) is 0 Å². The highest BCUT2D eigenvalue weighted by Crippen LogP contribution is 2.36. The summed E-state index contributed by atoms with van der Waals surface area (Å²) in [5, 5.41) is 3.99. The van der Waals surface area contributed by atoms with E-state index in [1.807, 2.05) is 24.3 Å². The zero-order valence-electron chi connectivity index (χ0n) is 9.30. The Labute approximate surface area is 98.6 Å². The number of benzene rings is 1. The van der Waals surface area contributed by atoms with Crippen LogP contribution in [0.3, 0.4) is 0 Å². The molecule has 0 radical (unpaired) electrons.